The first-order valence-electron chi connectivity index (χ1n) is 3.23. The molecule has 0 aromatic heterocycles. The average molecular weight is 164 g/mol. The van der Waals surface area contributed by atoms with Gasteiger partial charge in [-0.25, -0.2) is 0 Å². The van der Waals surface area contributed by atoms with Crippen molar-refractivity contribution in [2.45, 2.75) is 25.2 Å². The number of aliphatic hydroxyl groups excluding tert-OH is 2. The second kappa shape index (κ2) is 3.77. The van der Waals surface area contributed by atoms with E-state index in [1.54, 1.807) is 0 Å². The number of carbonyl (C=O) groups excluding carboxylic acids is 1. The van der Waals surface area contributed by atoms with E-state index in [1.807, 2.05) is 0 Å². The molecular weight excluding hydrogens is 152 g/mol. The SMILES string of the molecule is CCC(O)(O)C(=O)C(O)CO. The standard InChI is InChI=1S/C6H12O5/c1-2-6(10,11)5(9)4(8)3-7/h4,7-8,10-11H,2-3H2,1H3. The maximum absolute atomic E-state index is 10.7. The highest BCUT2D eigenvalue weighted by molar-refractivity contribution is 5.89. The minimum absolute atomic E-state index is 0.219. The lowest BCUT2D eigenvalue weighted by molar-refractivity contribution is -0.192. The summed E-state index contributed by atoms with van der Waals surface area (Å²) in [4.78, 5) is 10.7. The Morgan fingerprint density at radius 1 is 1.55 bits per heavy atom. The summed E-state index contributed by atoms with van der Waals surface area (Å²) >= 11 is 0. The van der Waals surface area contributed by atoms with Crippen molar-refractivity contribution in [3.8, 4) is 0 Å². The lowest BCUT2D eigenvalue weighted by Gasteiger charge is -2.19. The van der Waals surface area contributed by atoms with Gasteiger partial charge in [-0.15, -0.1) is 0 Å². The summed E-state index contributed by atoms with van der Waals surface area (Å²) in [5.74, 6) is -3.70. The van der Waals surface area contributed by atoms with Gasteiger partial charge in [-0.1, -0.05) is 6.92 Å². The number of rotatable bonds is 4. The predicted molar refractivity (Wildman–Crippen MR) is 35.6 cm³/mol. The Kier molecular flexibility index (Phi) is 3.61. The molecule has 5 heteroatoms. The van der Waals surface area contributed by atoms with E-state index in [-0.39, 0.29) is 6.42 Å². The van der Waals surface area contributed by atoms with Crippen molar-refractivity contribution < 1.29 is 25.2 Å². The summed E-state index contributed by atoms with van der Waals surface area (Å²) in [6.07, 6.45) is -1.94. The minimum atomic E-state index is -2.53. The molecule has 11 heavy (non-hydrogen) atoms. The molecule has 0 radical (unpaired) electrons. The summed E-state index contributed by atoms with van der Waals surface area (Å²) in [5, 5.41) is 34.6. The van der Waals surface area contributed by atoms with Crippen LogP contribution in [-0.4, -0.2) is 44.7 Å². The van der Waals surface area contributed by atoms with Crippen LogP contribution in [-0.2, 0) is 4.79 Å². The molecule has 66 valence electrons. The molecule has 0 aliphatic carbocycles. The van der Waals surface area contributed by atoms with E-state index in [0.29, 0.717) is 0 Å². The Labute approximate surface area is 63.9 Å². The highest BCUT2D eigenvalue weighted by Gasteiger charge is 2.35. The molecule has 0 saturated carbocycles. The van der Waals surface area contributed by atoms with Crippen molar-refractivity contribution in [3.63, 3.8) is 0 Å². The van der Waals surface area contributed by atoms with Gasteiger partial charge in [0.05, 0.1) is 6.61 Å². The Morgan fingerprint density at radius 2 is 2.00 bits per heavy atom. The predicted octanol–water partition coefficient (Wildman–Crippen LogP) is -2.00. The second-order valence-electron chi connectivity index (χ2n) is 2.23. The summed E-state index contributed by atoms with van der Waals surface area (Å²) in [5.41, 5.74) is 0. The Hall–Kier alpha value is -0.490. The van der Waals surface area contributed by atoms with Crippen molar-refractivity contribution in [2.24, 2.45) is 0 Å². The maximum atomic E-state index is 10.7. The van der Waals surface area contributed by atoms with Gasteiger partial charge in [-0.3, -0.25) is 4.79 Å². The number of Topliss-reactive ketones (excluding diaryl/α,β-unsaturated/α-hetero) is 1. The van der Waals surface area contributed by atoms with E-state index in [0.717, 1.165) is 0 Å². The molecule has 0 aromatic rings. The van der Waals surface area contributed by atoms with Crippen LogP contribution in [0, 0.1) is 0 Å². The third-order valence-corrected chi connectivity index (χ3v) is 1.36. The first kappa shape index (κ1) is 10.5. The Morgan fingerprint density at radius 3 is 2.27 bits per heavy atom. The molecule has 1 unspecified atom stereocenters. The van der Waals surface area contributed by atoms with Gasteiger partial charge in [0.15, 0.2) is 0 Å². The highest BCUT2D eigenvalue weighted by atomic mass is 16.5. The molecule has 0 aliphatic heterocycles. The molecule has 0 amide bonds. The van der Waals surface area contributed by atoms with Crippen LogP contribution >= 0.6 is 0 Å². The molecule has 0 aliphatic rings. The van der Waals surface area contributed by atoms with E-state index in [1.165, 1.54) is 6.92 Å². The summed E-state index contributed by atoms with van der Waals surface area (Å²) in [7, 11) is 0. The van der Waals surface area contributed by atoms with Gasteiger partial charge in [0.2, 0.25) is 11.6 Å². The maximum Gasteiger partial charge on any atom is 0.226 e. The Bertz CT molecular complexity index is 142. The van der Waals surface area contributed by atoms with Gasteiger partial charge in [0.25, 0.3) is 0 Å². The van der Waals surface area contributed by atoms with E-state index in [2.05, 4.69) is 0 Å². The van der Waals surface area contributed by atoms with Crippen LogP contribution in [0.1, 0.15) is 13.3 Å². The fourth-order valence-corrected chi connectivity index (χ4v) is 0.524. The van der Waals surface area contributed by atoms with Gasteiger partial charge in [-0.05, 0) is 0 Å². The van der Waals surface area contributed by atoms with Crippen LogP contribution < -0.4 is 0 Å². The van der Waals surface area contributed by atoms with Crippen LogP contribution in [0.25, 0.3) is 0 Å². The Balaban J connectivity index is 4.23. The van der Waals surface area contributed by atoms with Crippen molar-refractivity contribution in [1.82, 2.24) is 0 Å². The summed E-state index contributed by atoms with van der Waals surface area (Å²) < 4.78 is 0. The minimum Gasteiger partial charge on any atom is -0.393 e. The topological polar surface area (TPSA) is 98.0 Å². The van der Waals surface area contributed by atoms with Crippen LogP contribution in [0.2, 0.25) is 0 Å². The molecule has 1 atom stereocenters. The van der Waals surface area contributed by atoms with Gasteiger partial charge < -0.3 is 20.4 Å². The van der Waals surface area contributed by atoms with Gasteiger partial charge >= 0.3 is 0 Å². The number of carbonyl (C=O) groups is 1. The molecule has 4 N–H and O–H groups in total. The smallest absolute Gasteiger partial charge is 0.226 e. The fourth-order valence-electron chi connectivity index (χ4n) is 0.524. The highest BCUT2D eigenvalue weighted by Crippen LogP contribution is 2.08. The lowest BCUT2D eigenvalue weighted by atomic mass is 10.1. The molecule has 0 bridgehead atoms. The van der Waals surface area contributed by atoms with Crippen LogP contribution in [0.4, 0.5) is 0 Å². The first-order chi connectivity index (χ1) is 4.95. The van der Waals surface area contributed by atoms with Crippen molar-refractivity contribution in [1.29, 1.82) is 0 Å². The monoisotopic (exact) mass is 164 g/mol. The quantitative estimate of drug-likeness (QED) is 0.360. The number of hydrogen-bond donors (Lipinski definition) is 4. The molecule has 0 rings (SSSR count). The summed E-state index contributed by atoms with van der Waals surface area (Å²) in [6, 6.07) is 0. The zero-order valence-electron chi connectivity index (χ0n) is 6.19. The van der Waals surface area contributed by atoms with E-state index >= 15 is 0 Å². The van der Waals surface area contributed by atoms with E-state index < -0.39 is 24.3 Å². The first-order valence-corrected chi connectivity index (χ1v) is 3.23. The zero-order chi connectivity index (χ0) is 9.07. The molecular formula is C6H12O5. The molecule has 0 saturated heterocycles. The molecule has 0 spiro atoms. The second-order valence-corrected chi connectivity index (χ2v) is 2.23. The van der Waals surface area contributed by atoms with Crippen molar-refractivity contribution >= 4 is 5.78 Å². The van der Waals surface area contributed by atoms with Gasteiger partial charge in [-0.2, -0.15) is 0 Å². The number of aliphatic hydroxyl groups is 4. The summed E-state index contributed by atoms with van der Waals surface area (Å²) in [6.45, 7) is 0.573. The van der Waals surface area contributed by atoms with Crippen molar-refractivity contribution in [2.75, 3.05) is 6.61 Å². The van der Waals surface area contributed by atoms with Gasteiger partial charge in [0, 0.05) is 6.42 Å². The van der Waals surface area contributed by atoms with Crippen LogP contribution in [0.5, 0.6) is 0 Å². The molecule has 0 fully saturated rings. The third kappa shape index (κ3) is 2.55. The molecule has 0 heterocycles. The zero-order valence-corrected chi connectivity index (χ0v) is 6.19. The largest absolute Gasteiger partial charge is 0.393 e. The number of hydrogen-bond acceptors (Lipinski definition) is 5. The van der Waals surface area contributed by atoms with Crippen LogP contribution in [0.3, 0.4) is 0 Å². The molecule has 0 aromatic carbocycles. The van der Waals surface area contributed by atoms with E-state index in [9.17, 15) is 4.79 Å². The van der Waals surface area contributed by atoms with Crippen LogP contribution in [0.15, 0.2) is 0 Å². The lowest BCUT2D eigenvalue weighted by Crippen LogP contribution is -2.45. The van der Waals surface area contributed by atoms with E-state index in [4.69, 9.17) is 20.4 Å². The normalized spacial score (nSPS) is 14.6. The van der Waals surface area contributed by atoms with Gasteiger partial charge in [0.1, 0.15) is 6.10 Å². The number of ketones is 1. The average Bonchev–Trinajstić information content (AvgIpc) is 2.01. The third-order valence-electron chi connectivity index (χ3n) is 1.36. The van der Waals surface area contributed by atoms with Crippen molar-refractivity contribution in [3.05, 3.63) is 0 Å². The fraction of sp³-hybridized carbons (Fsp3) is 0.833. The molecule has 5 nitrogen and oxygen atoms in total.